The van der Waals surface area contributed by atoms with Crippen molar-refractivity contribution in [1.82, 2.24) is 4.90 Å². The van der Waals surface area contributed by atoms with E-state index in [1.807, 2.05) is 12.1 Å². The molecule has 2 rings (SSSR count). The Bertz CT molecular complexity index is 458. The first-order valence-corrected chi connectivity index (χ1v) is 7.73. The molecule has 0 aliphatic carbocycles. The predicted molar refractivity (Wildman–Crippen MR) is 86.1 cm³/mol. The smallest absolute Gasteiger partial charge is 0.125 e. The second kappa shape index (κ2) is 7.14. The third kappa shape index (κ3) is 4.11. The number of rotatable bonds is 7. The Hall–Kier alpha value is -1.26. The minimum Gasteiger partial charge on any atom is -0.497 e. The monoisotopic (exact) mass is 292 g/mol. The standard InChI is InChI=1S/C17H28N2O2/c1-17(12-18,13-19-8-4-5-9-19)11-14-6-7-15(20-2)10-16(14)21-3/h6-7,10H,4-5,8-9,11-13,18H2,1-3H3. The highest BCUT2D eigenvalue weighted by Gasteiger charge is 2.28. The molecule has 1 aliphatic rings. The minimum atomic E-state index is 0.0756. The summed E-state index contributed by atoms with van der Waals surface area (Å²) in [5.74, 6) is 1.71. The number of nitrogens with zero attached hydrogens (tertiary/aromatic N) is 1. The molecule has 0 spiro atoms. The van der Waals surface area contributed by atoms with Gasteiger partial charge in [-0.3, -0.25) is 0 Å². The van der Waals surface area contributed by atoms with Gasteiger partial charge in [-0.2, -0.15) is 0 Å². The van der Waals surface area contributed by atoms with E-state index in [1.165, 1.54) is 31.5 Å². The number of likely N-dealkylation sites (tertiary alicyclic amines) is 1. The van der Waals surface area contributed by atoms with Crippen LogP contribution in [-0.4, -0.2) is 45.3 Å². The number of methoxy groups -OCH3 is 2. The molecule has 2 N–H and O–H groups in total. The molecule has 0 aromatic heterocycles. The van der Waals surface area contributed by atoms with Crippen LogP contribution in [0.2, 0.25) is 0 Å². The highest BCUT2D eigenvalue weighted by molar-refractivity contribution is 5.41. The molecule has 21 heavy (non-hydrogen) atoms. The molecule has 1 fully saturated rings. The van der Waals surface area contributed by atoms with Crippen molar-refractivity contribution in [2.45, 2.75) is 26.2 Å². The molecule has 0 radical (unpaired) electrons. The van der Waals surface area contributed by atoms with Crippen LogP contribution >= 0.6 is 0 Å². The van der Waals surface area contributed by atoms with Crippen LogP contribution < -0.4 is 15.2 Å². The Labute approximate surface area is 128 Å². The van der Waals surface area contributed by atoms with Gasteiger partial charge in [-0.1, -0.05) is 13.0 Å². The van der Waals surface area contributed by atoms with E-state index in [1.54, 1.807) is 14.2 Å². The number of ether oxygens (including phenoxy) is 2. The van der Waals surface area contributed by atoms with Gasteiger partial charge in [-0.25, -0.2) is 0 Å². The second-order valence-corrected chi connectivity index (χ2v) is 6.35. The zero-order valence-electron chi connectivity index (χ0n) is 13.5. The lowest BCUT2D eigenvalue weighted by molar-refractivity contribution is 0.195. The van der Waals surface area contributed by atoms with Crippen molar-refractivity contribution in [2.75, 3.05) is 40.4 Å². The van der Waals surface area contributed by atoms with Gasteiger partial charge in [0.1, 0.15) is 11.5 Å². The molecule has 0 amide bonds. The van der Waals surface area contributed by atoms with Gasteiger partial charge in [-0.15, -0.1) is 0 Å². The van der Waals surface area contributed by atoms with Crippen LogP contribution in [0.5, 0.6) is 11.5 Å². The van der Waals surface area contributed by atoms with Crippen LogP contribution in [0, 0.1) is 5.41 Å². The van der Waals surface area contributed by atoms with Crippen molar-refractivity contribution in [3.8, 4) is 11.5 Å². The predicted octanol–water partition coefficient (Wildman–Crippen LogP) is 2.31. The van der Waals surface area contributed by atoms with Crippen molar-refractivity contribution in [3.63, 3.8) is 0 Å². The molecule has 4 nitrogen and oxygen atoms in total. The van der Waals surface area contributed by atoms with Gasteiger partial charge >= 0.3 is 0 Å². The van der Waals surface area contributed by atoms with Crippen molar-refractivity contribution in [3.05, 3.63) is 23.8 Å². The summed E-state index contributed by atoms with van der Waals surface area (Å²) in [7, 11) is 3.38. The third-order valence-corrected chi connectivity index (χ3v) is 4.41. The van der Waals surface area contributed by atoms with Crippen LogP contribution in [0.1, 0.15) is 25.3 Å². The number of benzene rings is 1. The van der Waals surface area contributed by atoms with Crippen LogP contribution in [0.3, 0.4) is 0 Å². The van der Waals surface area contributed by atoms with Crippen molar-refractivity contribution in [2.24, 2.45) is 11.1 Å². The summed E-state index contributed by atoms with van der Waals surface area (Å²) in [6, 6.07) is 6.03. The Morgan fingerprint density at radius 1 is 1.19 bits per heavy atom. The summed E-state index contributed by atoms with van der Waals surface area (Å²) in [6.45, 7) is 6.41. The molecule has 1 unspecified atom stereocenters. The lowest BCUT2D eigenvalue weighted by Crippen LogP contribution is -2.41. The molecule has 1 aliphatic heterocycles. The van der Waals surface area contributed by atoms with Crippen molar-refractivity contribution in [1.29, 1.82) is 0 Å². The van der Waals surface area contributed by atoms with E-state index >= 15 is 0 Å². The quantitative estimate of drug-likeness (QED) is 0.838. The van der Waals surface area contributed by atoms with Crippen molar-refractivity contribution >= 4 is 0 Å². The Morgan fingerprint density at radius 2 is 1.90 bits per heavy atom. The highest BCUT2D eigenvalue weighted by atomic mass is 16.5. The van der Waals surface area contributed by atoms with Gasteiger partial charge in [0, 0.05) is 12.6 Å². The van der Waals surface area contributed by atoms with Crippen LogP contribution in [0.4, 0.5) is 0 Å². The van der Waals surface area contributed by atoms with Gasteiger partial charge in [0.25, 0.3) is 0 Å². The fourth-order valence-electron chi connectivity index (χ4n) is 3.13. The lowest BCUT2D eigenvalue weighted by Gasteiger charge is -2.33. The van der Waals surface area contributed by atoms with Gasteiger partial charge in [0.05, 0.1) is 14.2 Å². The Kier molecular flexibility index (Phi) is 5.48. The first-order valence-electron chi connectivity index (χ1n) is 7.73. The van der Waals surface area contributed by atoms with Crippen molar-refractivity contribution < 1.29 is 9.47 Å². The average molecular weight is 292 g/mol. The summed E-state index contributed by atoms with van der Waals surface area (Å²) in [4.78, 5) is 2.53. The van der Waals surface area contributed by atoms with E-state index < -0.39 is 0 Å². The maximum Gasteiger partial charge on any atom is 0.125 e. The second-order valence-electron chi connectivity index (χ2n) is 6.35. The van der Waals surface area contributed by atoms with E-state index in [9.17, 15) is 0 Å². The summed E-state index contributed by atoms with van der Waals surface area (Å²) < 4.78 is 10.8. The maximum atomic E-state index is 6.09. The third-order valence-electron chi connectivity index (χ3n) is 4.41. The van der Waals surface area contributed by atoms with E-state index in [0.29, 0.717) is 6.54 Å². The number of hydrogen-bond acceptors (Lipinski definition) is 4. The number of hydrogen-bond donors (Lipinski definition) is 1. The molecule has 1 saturated heterocycles. The molecule has 0 bridgehead atoms. The van der Waals surface area contributed by atoms with Crippen LogP contribution in [0.25, 0.3) is 0 Å². The molecule has 0 saturated carbocycles. The molecule has 1 aromatic carbocycles. The fourth-order valence-corrected chi connectivity index (χ4v) is 3.13. The normalized spacial score (nSPS) is 18.5. The fraction of sp³-hybridized carbons (Fsp3) is 0.647. The van der Waals surface area contributed by atoms with Gasteiger partial charge < -0.3 is 20.1 Å². The summed E-state index contributed by atoms with van der Waals surface area (Å²) in [5.41, 5.74) is 7.36. The first kappa shape index (κ1) is 16.1. The zero-order valence-corrected chi connectivity index (χ0v) is 13.5. The molecule has 4 heteroatoms. The zero-order chi connectivity index (χ0) is 15.3. The summed E-state index contributed by atoms with van der Waals surface area (Å²) >= 11 is 0. The van der Waals surface area contributed by atoms with E-state index in [-0.39, 0.29) is 5.41 Å². The topological polar surface area (TPSA) is 47.7 Å². The van der Waals surface area contributed by atoms with Gasteiger partial charge in [0.2, 0.25) is 0 Å². The first-order chi connectivity index (χ1) is 10.1. The minimum absolute atomic E-state index is 0.0756. The summed E-state index contributed by atoms with van der Waals surface area (Å²) in [5, 5.41) is 0. The molecular formula is C17H28N2O2. The van der Waals surface area contributed by atoms with Gasteiger partial charge in [0.15, 0.2) is 0 Å². The molecule has 1 heterocycles. The molecule has 1 aromatic rings. The Morgan fingerprint density at radius 3 is 2.48 bits per heavy atom. The molecule has 118 valence electrons. The van der Waals surface area contributed by atoms with Crippen LogP contribution in [-0.2, 0) is 6.42 Å². The van der Waals surface area contributed by atoms with Gasteiger partial charge in [-0.05, 0) is 55.9 Å². The van der Waals surface area contributed by atoms with Crippen LogP contribution in [0.15, 0.2) is 18.2 Å². The summed E-state index contributed by atoms with van der Waals surface area (Å²) in [6.07, 6.45) is 3.55. The molecule has 1 atom stereocenters. The largest absolute Gasteiger partial charge is 0.497 e. The SMILES string of the molecule is COc1ccc(CC(C)(CN)CN2CCCC2)c(OC)c1. The van der Waals surface area contributed by atoms with E-state index in [2.05, 4.69) is 17.9 Å². The highest BCUT2D eigenvalue weighted by Crippen LogP contribution is 2.31. The Balaban J connectivity index is 2.12. The lowest BCUT2D eigenvalue weighted by atomic mass is 9.82. The average Bonchev–Trinajstić information content (AvgIpc) is 3.00. The number of nitrogens with two attached hydrogens (primary N) is 1. The molecular weight excluding hydrogens is 264 g/mol. The van der Waals surface area contributed by atoms with E-state index in [4.69, 9.17) is 15.2 Å². The maximum absolute atomic E-state index is 6.09. The van der Waals surface area contributed by atoms with E-state index in [0.717, 1.165) is 24.5 Å².